The molecule has 0 saturated heterocycles. The summed E-state index contributed by atoms with van der Waals surface area (Å²) in [6.45, 7) is 0. The Morgan fingerprint density at radius 2 is 1.35 bits per heavy atom. The summed E-state index contributed by atoms with van der Waals surface area (Å²) in [6.07, 6.45) is 14.0. The van der Waals surface area contributed by atoms with E-state index in [1.54, 1.807) is 11.1 Å². The summed E-state index contributed by atoms with van der Waals surface area (Å²) in [5.41, 5.74) is 13.9. The Kier molecular flexibility index (Phi) is 7.54. The number of benzene rings is 5. The monoisotopic (exact) mass is 633 g/mol. The Hall–Kier alpha value is -5.54. The minimum Gasteiger partial charge on any atom is -0.344 e. The van der Waals surface area contributed by atoms with Crippen molar-refractivity contribution in [2.75, 3.05) is 0 Å². The smallest absolute Gasteiger partial charge is 0.159 e. The fourth-order valence-electron chi connectivity index (χ4n) is 8.52. The molecule has 3 nitrogen and oxygen atoms in total. The molecule has 1 aliphatic heterocycles. The van der Waals surface area contributed by atoms with Crippen LogP contribution < -0.4 is 5.32 Å². The highest BCUT2D eigenvalue weighted by Gasteiger charge is 2.49. The molecule has 1 N–H and O–H groups in total. The van der Waals surface area contributed by atoms with Crippen LogP contribution in [-0.2, 0) is 5.41 Å². The summed E-state index contributed by atoms with van der Waals surface area (Å²) in [6, 6.07) is 47.9. The number of allylic oxidation sites excluding steroid dienone is 6. The SMILES string of the molecule is C1=CC2=C(CC1)C(C1=CCCCC1)(c1ccccc1)c1cccc(C3=NC(c4ccc(-c5ccccc5)cc4)=NC(c4ccccc4)N3)c12. The molecule has 3 heteroatoms. The van der Waals surface area contributed by atoms with Crippen LogP contribution in [0.3, 0.4) is 0 Å². The first kappa shape index (κ1) is 29.6. The van der Waals surface area contributed by atoms with Gasteiger partial charge in [-0.25, -0.2) is 9.98 Å². The molecule has 0 bridgehead atoms. The van der Waals surface area contributed by atoms with Crippen LogP contribution in [0.2, 0.25) is 0 Å². The van der Waals surface area contributed by atoms with Gasteiger partial charge in [-0.3, -0.25) is 0 Å². The van der Waals surface area contributed by atoms with Crippen LogP contribution in [0.5, 0.6) is 0 Å². The van der Waals surface area contributed by atoms with Gasteiger partial charge in [0, 0.05) is 11.1 Å². The van der Waals surface area contributed by atoms with E-state index in [2.05, 4.69) is 157 Å². The molecule has 238 valence electrons. The number of hydrogen-bond acceptors (Lipinski definition) is 3. The Labute approximate surface area is 289 Å². The van der Waals surface area contributed by atoms with Crippen molar-refractivity contribution in [1.82, 2.24) is 5.32 Å². The van der Waals surface area contributed by atoms with E-state index in [9.17, 15) is 0 Å². The van der Waals surface area contributed by atoms with Gasteiger partial charge in [-0.2, -0.15) is 0 Å². The van der Waals surface area contributed by atoms with Gasteiger partial charge in [0.2, 0.25) is 0 Å². The van der Waals surface area contributed by atoms with E-state index >= 15 is 0 Å². The van der Waals surface area contributed by atoms with Gasteiger partial charge in [0.05, 0.1) is 5.41 Å². The number of amidine groups is 2. The second-order valence-corrected chi connectivity index (χ2v) is 13.5. The molecular formula is C46H39N3. The van der Waals surface area contributed by atoms with Crippen molar-refractivity contribution in [3.63, 3.8) is 0 Å². The van der Waals surface area contributed by atoms with Crippen LogP contribution in [0.15, 0.2) is 173 Å². The molecule has 0 aromatic heterocycles. The lowest BCUT2D eigenvalue weighted by Crippen LogP contribution is -2.35. The molecule has 5 aromatic carbocycles. The van der Waals surface area contributed by atoms with E-state index in [1.165, 1.54) is 46.2 Å². The van der Waals surface area contributed by atoms with E-state index < -0.39 is 0 Å². The van der Waals surface area contributed by atoms with E-state index in [-0.39, 0.29) is 11.6 Å². The summed E-state index contributed by atoms with van der Waals surface area (Å²) in [4.78, 5) is 10.6. The topological polar surface area (TPSA) is 36.8 Å². The molecule has 0 fully saturated rings. The molecule has 1 heterocycles. The summed E-state index contributed by atoms with van der Waals surface area (Å²) in [7, 11) is 0. The Bertz CT molecular complexity index is 2170. The molecule has 49 heavy (non-hydrogen) atoms. The first-order chi connectivity index (χ1) is 24.3. The van der Waals surface area contributed by atoms with Crippen molar-refractivity contribution in [2.24, 2.45) is 9.98 Å². The van der Waals surface area contributed by atoms with E-state index in [1.807, 2.05) is 0 Å². The number of hydrogen-bond donors (Lipinski definition) is 1. The van der Waals surface area contributed by atoms with Crippen molar-refractivity contribution in [1.29, 1.82) is 0 Å². The van der Waals surface area contributed by atoms with Crippen molar-refractivity contribution < 1.29 is 0 Å². The minimum absolute atomic E-state index is 0.259. The first-order valence-electron chi connectivity index (χ1n) is 17.7. The largest absolute Gasteiger partial charge is 0.344 e. The summed E-state index contributed by atoms with van der Waals surface area (Å²) < 4.78 is 0. The van der Waals surface area contributed by atoms with E-state index in [4.69, 9.17) is 9.98 Å². The van der Waals surface area contributed by atoms with Gasteiger partial charge in [-0.1, -0.05) is 157 Å². The van der Waals surface area contributed by atoms with E-state index in [0.29, 0.717) is 0 Å². The maximum absolute atomic E-state index is 5.34. The van der Waals surface area contributed by atoms with Crippen LogP contribution in [0.4, 0.5) is 0 Å². The van der Waals surface area contributed by atoms with E-state index in [0.717, 1.165) is 54.0 Å². The zero-order valence-electron chi connectivity index (χ0n) is 27.6. The number of rotatable bonds is 6. The lowest BCUT2D eigenvalue weighted by molar-refractivity contribution is 0.589. The quantitative estimate of drug-likeness (QED) is 0.186. The van der Waals surface area contributed by atoms with Gasteiger partial charge in [-0.05, 0) is 83.1 Å². The Morgan fingerprint density at radius 1 is 0.633 bits per heavy atom. The molecule has 9 rings (SSSR count). The van der Waals surface area contributed by atoms with Crippen molar-refractivity contribution in [3.05, 3.63) is 196 Å². The standard InChI is InChI=1S/C46H39N3/c1-5-16-32(17-6-1)33-28-30-35(31-29-33)44-47-43(34-18-7-2-8-19-34)48-45(49-44)39-25-15-27-41-42(39)38-24-13-14-26-40(38)46(41,36-20-9-3-10-21-36)37-22-11-4-12-23-37/h1-3,5-10,13,15-22,24-25,27-31,43H,4,11-12,14,23,26H2,(H,47,48,49). The van der Waals surface area contributed by atoms with Gasteiger partial charge >= 0.3 is 0 Å². The fourth-order valence-corrected chi connectivity index (χ4v) is 8.52. The first-order valence-corrected chi connectivity index (χ1v) is 17.7. The predicted molar refractivity (Wildman–Crippen MR) is 203 cm³/mol. The summed E-state index contributed by atoms with van der Waals surface area (Å²) in [5.74, 6) is 1.62. The number of aliphatic imine (C=N–C) groups is 2. The van der Waals surface area contributed by atoms with Crippen LogP contribution in [-0.4, -0.2) is 11.7 Å². The third kappa shape index (κ3) is 5.04. The zero-order valence-corrected chi connectivity index (χ0v) is 27.6. The molecule has 0 spiro atoms. The molecule has 2 unspecified atom stereocenters. The lowest BCUT2D eigenvalue weighted by atomic mass is 9.63. The van der Waals surface area contributed by atoms with Crippen LogP contribution >= 0.6 is 0 Å². The molecule has 0 amide bonds. The average molecular weight is 634 g/mol. The lowest BCUT2D eigenvalue weighted by Gasteiger charge is -2.39. The average Bonchev–Trinajstić information content (AvgIpc) is 3.50. The van der Waals surface area contributed by atoms with Crippen molar-refractivity contribution in [2.45, 2.75) is 50.1 Å². The molecule has 0 radical (unpaired) electrons. The van der Waals surface area contributed by atoms with Crippen LogP contribution in [0, 0.1) is 0 Å². The van der Waals surface area contributed by atoms with Gasteiger partial charge in [0.25, 0.3) is 0 Å². The zero-order chi connectivity index (χ0) is 32.6. The second-order valence-electron chi connectivity index (χ2n) is 13.5. The van der Waals surface area contributed by atoms with Gasteiger partial charge < -0.3 is 5.32 Å². The molecular weight excluding hydrogens is 595 g/mol. The highest BCUT2D eigenvalue weighted by atomic mass is 15.2. The normalized spacial score (nSPS) is 21.2. The summed E-state index contributed by atoms with van der Waals surface area (Å²) in [5, 5.41) is 3.80. The third-order valence-corrected chi connectivity index (χ3v) is 10.7. The highest BCUT2D eigenvalue weighted by Crippen LogP contribution is 2.59. The second kappa shape index (κ2) is 12.5. The minimum atomic E-state index is -0.259. The van der Waals surface area contributed by atoms with Gasteiger partial charge in [0.15, 0.2) is 5.84 Å². The van der Waals surface area contributed by atoms with Crippen molar-refractivity contribution >= 4 is 17.2 Å². The molecule has 2 atom stereocenters. The molecule has 0 saturated carbocycles. The predicted octanol–water partition coefficient (Wildman–Crippen LogP) is 10.8. The third-order valence-electron chi connectivity index (χ3n) is 10.7. The molecule has 3 aliphatic carbocycles. The van der Waals surface area contributed by atoms with Crippen molar-refractivity contribution in [3.8, 4) is 11.1 Å². The van der Waals surface area contributed by atoms with Crippen LogP contribution in [0.25, 0.3) is 16.7 Å². The molecule has 4 aliphatic rings. The Balaban J connectivity index is 1.23. The fraction of sp³-hybridized carbons (Fsp3) is 0.174. The molecule has 5 aromatic rings. The van der Waals surface area contributed by atoms with Crippen LogP contribution in [0.1, 0.15) is 78.1 Å². The number of nitrogens with one attached hydrogen (secondary N) is 1. The highest BCUT2D eigenvalue weighted by molar-refractivity contribution is 6.15. The maximum Gasteiger partial charge on any atom is 0.159 e. The summed E-state index contributed by atoms with van der Waals surface area (Å²) >= 11 is 0. The number of nitrogens with zero attached hydrogens (tertiary/aromatic N) is 2. The van der Waals surface area contributed by atoms with Gasteiger partial charge in [0.1, 0.15) is 12.0 Å². The Morgan fingerprint density at radius 3 is 2.10 bits per heavy atom. The van der Waals surface area contributed by atoms with Gasteiger partial charge in [-0.15, -0.1) is 0 Å². The maximum atomic E-state index is 5.34. The number of fused-ring (bicyclic) bond motifs is 2.